The second-order valence-corrected chi connectivity index (χ2v) is 4.55. The zero-order valence-electron chi connectivity index (χ0n) is 12.3. The smallest absolute Gasteiger partial charge is 0.311 e. The average molecular weight is 290 g/mol. The Hall–Kier alpha value is -2.50. The fraction of sp³-hybridized carbons (Fsp3) is 0.333. The van der Waals surface area contributed by atoms with Gasteiger partial charge in [-0.05, 0) is 25.1 Å². The van der Waals surface area contributed by atoms with Gasteiger partial charge in [0.25, 0.3) is 5.91 Å². The third-order valence-corrected chi connectivity index (χ3v) is 3.13. The van der Waals surface area contributed by atoms with Crippen LogP contribution in [0.3, 0.4) is 0 Å². The molecule has 0 bridgehead atoms. The summed E-state index contributed by atoms with van der Waals surface area (Å²) in [6.45, 7) is 2.42. The first-order chi connectivity index (χ1) is 10.1. The van der Waals surface area contributed by atoms with E-state index in [9.17, 15) is 9.59 Å². The molecular weight excluding hydrogens is 272 g/mol. The summed E-state index contributed by atoms with van der Waals surface area (Å²) in [4.78, 5) is 26.4. The fourth-order valence-electron chi connectivity index (χ4n) is 2.15. The first-order valence-electron chi connectivity index (χ1n) is 6.63. The molecule has 1 heterocycles. The van der Waals surface area contributed by atoms with Crippen molar-refractivity contribution in [3.05, 3.63) is 29.5 Å². The molecule has 0 atom stereocenters. The summed E-state index contributed by atoms with van der Waals surface area (Å²) in [5.74, 6) is 0.0720. The molecule has 0 fully saturated rings. The van der Waals surface area contributed by atoms with Gasteiger partial charge in [-0.25, -0.2) is 0 Å². The average Bonchev–Trinajstić information content (AvgIpc) is 2.88. The molecule has 0 aliphatic rings. The SMILES string of the molecule is CCNC(=O)c1cc(OC)c2[nH]c(CC(=O)OC)cc2c1. The molecule has 2 rings (SSSR count). The normalized spacial score (nSPS) is 10.4. The molecule has 1 amide bonds. The van der Waals surface area contributed by atoms with Crippen LogP contribution < -0.4 is 10.1 Å². The fourth-order valence-corrected chi connectivity index (χ4v) is 2.15. The van der Waals surface area contributed by atoms with Crippen molar-refractivity contribution in [1.29, 1.82) is 0 Å². The number of methoxy groups -OCH3 is 2. The second kappa shape index (κ2) is 6.30. The Morgan fingerprint density at radius 3 is 2.62 bits per heavy atom. The molecule has 6 heteroatoms. The Labute approximate surface area is 122 Å². The van der Waals surface area contributed by atoms with Gasteiger partial charge >= 0.3 is 5.97 Å². The first-order valence-corrected chi connectivity index (χ1v) is 6.63. The van der Waals surface area contributed by atoms with Crippen LogP contribution >= 0.6 is 0 Å². The van der Waals surface area contributed by atoms with E-state index in [2.05, 4.69) is 15.0 Å². The lowest BCUT2D eigenvalue weighted by Gasteiger charge is -2.06. The summed E-state index contributed by atoms with van der Waals surface area (Å²) in [5, 5.41) is 3.56. The van der Waals surface area contributed by atoms with Crippen molar-refractivity contribution in [2.45, 2.75) is 13.3 Å². The molecule has 0 aliphatic carbocycles. The minimum atomic E-state index is -0.329. The van der Waals surface area contributed by atoms with Gasteiger partial charge in [-0.3, -0.25) is 9.59 Å². The van der Waals surface area contributed by atoms with Crippen LogP contribution in [0.2, 0.25) is 0 Å². The predicted molar refractivity (Wildman–Crippen MR) is 78.6 cm³/mol. The number of carbonyl (C=O) groups excluding carboxylic acids is 2. The highest BCUT2D eigenvalue weighted by atomic mass is 16.5. The number of H-pyrrole nitrogens is 1. The van der Waals surface area contributed by atoms with Gasteiger partial charge in [0.2, 0.25) is 0 Å². The summed E-state index contributed by atoms with van der Waals surface area (Å²) in [6.07, 6.45) is 0.144. The highest BCUT2D eigenvalue weighted by Gasteiger charge is 2.14. The Morgan fingerprint density at radius 1 is 1.24 bits per heavy atom. The molecule has 2 N–H and O–H groups in total. The molecule has 0 aliphatic heterocycles. The highest BCUT2D eigenvalue weighted by molar-refractivity contribution is 6.00. The number of ether oxygens (including phenoxy) is 2. The summed E-state index contributed by atoms with van der Waals surface area (Å²) in [6, 6.07) is 5.25. The Bertz CT molecular complexity index is 676. The number of nitrogens with one attached hydrogen (secondary N) is 2. The van der Waals surface area contributed by atoms with Crippen molar-refractivity contribution in [2.24, 2.45) is 0 Å². The van der Waals surface area contributed by atoms with Crippen molar-refractivity contribution < 1.29 is 19.1 Å². The van der Waals surface area contributed by atoms with Crippen molar-refractivity contribution in [3.63, 3.8) is 0 Å². The molecule has 2 aromatic rings. The van der Waals surface area contributed by atoms with Crippen molar-refractivity contribution in [3.8, 4) is 5.75 Å². The first kappa shape index (κ1) is 14.9. The number of fused-ring (bicyclic) bond motifs is 1. The number of carbonyl (C=O) groups is 2. The summed E-state index contributed by atoms with van der Waals surface area (Å²) in [7, 11) is 2.88. The van der Waals surface area contributed by atoms with Gasteiger partial charge in [-0.15, -0.1) is 0 Å². The molecule has 0 unspecified atom stereocenters. The number of hydrogen-bond donors (Lipinski definition) is 2. The van der Waals surface area contributed by atoms with Gasteiger partial charge in [0.1, 0.15) is 5.75 Å². The third-order valence-electron chi connectivity index (χ3n) is 3.13. The van der Waals surface area contributed by atoms with E-state index < -0.39 is 0 Å². The molecule has 1 aromatic carbocycles. The van der Waals surface area contributed by atoms with E-state index in [1.54, 1.807) is 12.1 Å². The molecule has 0 spiro atoms. The largest absolute Gasteiger partial charge is 0.495 e. The standard InChI is InChI=1S/C15H18N2O4/c1-4-16-15(19)10-5-9-6-11(8-13(18)21-3)17-14(9)12(7-10)20-2/h5-7,17H,4,8H2,1-3H3,(H,16,19). The molecular formula is C15H18N2O4. The molecule has 0 radical (unpaired) electrons. The van der Waals surface area contributed by atoms with Crippen LogP contribution in [0.4, 0.5) is 0 Å². The monoisotopic (exact) mass is 290 g/mol. The summed E-state index contributed by atoms with van der Waals surface area (Å²) >= 11 is 0. The summed E-state index contributed by atoms with van der Waals surface area (Å²) < 4.78 is 9.96. The van der Waals surface area contributed by atoms with E-state index in [1.165, 1.54) is 14.2 Å². The Balaban J connectivity index is 2.44. The predicted octanol–water partition coefficient (Wildman–Crippen LogP) is 1.64. The van der Waals surface area contributed by atoms with E-state index in [4.69, 9.17) is 4.74 Å². The number of amides is 1. The molecule has 112 valence electrons. The van der Waals surface area contributed by atoms with Crippen LogP contribution in [0.25, 0.3) is 10.9 Å². The maximum absolute atomic E-state index is 11.9. The molecule has 21 heavy (non-hydrogen) atoms. The van der Waals surface area contributed by atoms with Crippen LogP contribution in [0.15, 0.2) is 18.2 Å². The van der Waals surface area contributed by atoms with Gasteiger partial charge in [0.05, 0.1) is 26.2 Å². The number of esters is 1. The van der Waals surface area contributed by atoms with E-state index in [0.717, 1.165) is 10.9 Å². The zero-order chi connectivity index (χ0) is 15.4. The summed E-state index contributed by atoms with van der Waals surface area (Å²) in [5.41, 5.74) is 1.98. The third kappa shape index (κ3) is 3.16. The molecule has 1 aromatic heterocycles. The van der Waals surface area contributed by atoms with Crippen LogP contribution in [-0.4, -0.2) is 37.6 Å². The number of aromatic nitrogens is 1. The number of aromatic amines is 1. The van der Waals surface area contributed by atoms with Gasteiger partial charge in [0.15, 0.2) is 0 Å². The van der Waals surface area contributed by atoms with Crippen molar-refractivity contribution in [2.75, 3.05) is 20.8 Å². The minimum absolute atomic E-state index is 0.144. The Kier molecular flexibility index (Phi) is 4.47. The van der Waals surface area contributed by atoms with Crippen LogP contribution in [0, 0.1) is 0 Å². The van der Waals surface area contributed by atoms with Gasteiger partial charge in [0, 0.05) is 23.2 Å². The molecule has 0 saturated carbocycles. The van der Waals surface area contributed by atoms with Crippen LogP contribution in [-0.2, 0) is 16.0 Å². The lowest BCUT2D eigenvalue weighted by molar-refractivity contribution is -0.139. The maximum atomic E-state index is 11.9. The highest BCUT2D eigenvalue weighted by Crippen LogP contribution is 2.28. The van der Waals surface area contributed by atoms with E-state index in [0.29, 0.717) is 23.6 Å². The van der Waals surface area contributed by atoms with Gasteiger partial charge in [-0.1, -0.05) is 0 Å². The lowest BCUT2D eigenvalue weighted by atomic mass is 10.1. The van der Waals surface area contributed by atoms with E-state index >= 15 is 0 Å². The second-order valence-electron chi connectivity index (χ2n) is 4.55. The zero-order valence-corrected chi connectivity index (χ0v) is 12.3. The van der Waals surface area contributed by atoms with Gasteiger partial charge in [-0.2, -0.15) is 0 Å². The molecule has 6 nitrogen and oxygen atoms in total. The van der Waals surface area contributed by atoms with Gasteiger partial charge < -0.3 is 19.8 Å². The number of hydrogen-bond acceptors (Lipinski definition) is 4. The van der Waals surface area contributed by atoms with Crippen molar-refractivity contribution >= 4 is 22.8 Å². The quantitative estimate of drug-likeness (QED) is 0.820. The van der Waals surface area contributed by atoms with E-state index in [1.807, 2.05) is 13.0 Å². The minimum Gasteiger partial charge on any atom is -0.495 e. The number of rotatable bonds is 5. The van der Waals surface area contributed by atoms with E-state index in [-0.39, 0.29) is 18.3 Å². The lowest BCUT2D eigenvalue weighted by Crippen LogP contribution is -2.22. The topological polar surface area (TPSA) is 80.4 Å². The van der Waals surface area contributed by atoms with Crippen molar-refractivity contribution in [1.82, 2.24) is 10.3 Å². The number of benzene rings is 1. The molecule has 0 saturated heterocycles. The maximum Gasteiger partial charge on any atom is 0.311 e. The Morgan fingerprint density at radius 2 is 2.00 bits per heavy atom. The van der Waals surface area contributed by atoms with Crippen LogP contribution in [0.5, 0.6) is 5.75 Å². The van der Waals surface area contributed by atoms with Crippen LogP contribution in [0.1, 0.15) is 23.0 Å².